The fraction of sp³-hybridized carbons (Fsp3) is 0.615. The number of imidazole rings is 1. The summed E-state index contributed by atoms with van der Waals surface area (Å²) in [6, 6.07) is -0.709. The molecule has 2 aromatic rings. The second-order valence-electron chi connectivity index (χ2n) is 6.25. The van der Waals surface area contributed by atoms with Gasteiger partial charge in [-0.1, -0.05) is 0 Å². The van der Waals surface area contributed by atoms with E-state index < -0.39 is 35.3 Å². The van der Waals surface area contributed by atoms with Crippen molar-refractivity contribution in [2.24, 2.45) is 11.3 Å². The van der Waals surface area contributed by atoms with E-state index in [2.05, 4.69) is 15.0 Å². The van der Waals surface area contributed by atoms with Crippen LogP contribution in [0.5, 0.6) is 0 Å². The molecule has 9 nitrogen and oxygen atoms in total. The number of fused-ring (bicyclic) bond motifs is 2. The van der Waals surface area contributed by atoms with E-state index in [0.29, 0.717) is 6.42 Å². The third-order valence-electron chi connectivity index (χ3n) is 5.30. The van der Waals surface area contributed by atoms with Crippen LogP contribution in [0, 0.1) is 11.3 Å². The van der Waals surface area contributed by atoms with Gasteiger partial charge in [-0.3, -0.25) is 4.79 Å². The second kappa shape index (κ2) is 4.13. The van der Waals surface area contributed by atoms with Crippen LogP contribution in [0.4, 0.5) is 0 Å². The summed E-state index contributed by atoms with van der Waals surface area (Å²) in [6.45, 7) is -0.946. The van der Waals surface area contributed by atoms with E-state index in [-0.39, 0.29) is 23.7 Å². The summed E-state index contributed by atoms with van der Waals surface area (Å²) in [6.07, 6.45) is 1.87. The van der Waals surface area contributed by atoms with Gasteiger partial charge in [0.15, 0.2) is 11.2 Å². The lowest BCUT2D eigenvalue weighted by Gasteiger charge is -2.35. The van der Waals surface area contributed by atoms with E-state index in [1.807, 2.05) is 0 Å². The van der Waals surface area contributed by atoms with Gasteiger partial charge in [0.1, 0.15) is 5.60 Å². The lowest BCUT2D eigenvalue weighted by atomic mass is 9.88. The predicted octanol–water partition coefficient (Wildman–Crippen LogP) is -2.24. The summed E-state index contributed by atoms with van der Waals surface area (Å²) in [4.78, 5) is 22.2. The maximum absolute atomic E-state index is 11.7. The molecule has 0 radical (unpaired) electrons. The van der Waals surface area contributed by atoms with E-state index in [9.17, 15) is 25.2 Å². The number of aliphatic hydroxyl groups excluding tert-OH is 3. The molecule has 0 spiro atoms. The molecule has 2 fully saturated rings. The molecule has 0 amide bonds. The zero-order chi connectivity index (χ0) is 15.7. The summed E-state index contributed by atoms with van der Waals surface area (Å²) in [5, 5.41) is 40.4. The summed E-state index contributed by atoms with van der Waals surface area (Å²) >= 11 is 0. The molecule has 0 aromatic carbocycles. The minimum atomic E-state index is -1.82. The van der Waals surface area contributed by atoms with Gasteiger partial charge in [-0.15, -0.1) is 0 Å². The third-order valence-corrected chi connectivity index (χ3v) is 5.30. The molecule has 5 atom stereocenters. The van der Waals surface area contributed by atoms with Crippen molar-refractivity contribution in [3.8, 4) is 0 Å². The minimum absolute atomic E-state index is 0.124. The molecule has 4 rings (SSSR count). The van der Waals surface area contributed by atoms with Crippen molar-refractivity contribution in [2.45, 2.75) is 24.2 Å². The summed E-state index contributed by atoms with van der Waals surface area (Å²) < 4.78 is 1.51. The van der Waals surface area contributed by atoms with Crippen LogP contribution in [0.2, 0.25) is 0 Å². The average molecular weight is 308 g/mol. The van der Waals surface area contributed by atoms with Crippen LogP contribution in [0.3, 0.4) is 0 Å². The molecule has 5 N–H and O–H groups in total. The number of rotatable bonds is 3. The van der Waals surface area contributed by atoms with Gasteiger partial charge >= 0.3 is 0 Å². The lowest BCUT2D eigenvalue weighted by molar-refractivity contribution is -0.136. The van der Waals surface area contributed by atoms with E-state index in [0.717, 1.165) is 0 Å². The number of H-pyrrole nitrogens is 1. The number of nitrogens with zero attached hydrogens (tertiary/aromatic N) is 3. The maximum Gasteiger partial charge on any atom is 0.278 e. The SMILES string of the molecule is O=c1[nH]cnc2c1ncn2[C@@H]1[C@@H]2C[C@@]2(CO)[C@@H](O)[C@]1(O)CO. The van der Waals surface area contributed by atoms with Crippen molar-refractivity contribution in [3.63, 3.8) is 0 Å². The fourth-order valence-electron chi connectivity index (χ4n) is 4.05. The Hall–Kier alpha value is -1.81. The molecule has 2 saturated carbocycles. The molecule has 118 valence electrons. The van der Waals surface area contributed by atoms with E-state index in [1.54, 1.807) is 0 Å². The second-order valence-corrected chi connectivity index (χ2v) is 6.25. The highest BCUT2D eigenvalue weighted by Crippen LogP contribution is 2.70. The molecule has 0 saturated heterocycles. The molecule has 0 unspecified atom stereocenters. The van der Waals surface area contributed by atoms with Crippen molar-refractivity contribution in [1.29, 1.82) is 0 Å². The normalized spacial score (nSPS) is 40.1. The first-order valence-electron chi connectivity index (χ1n) is 7.02. The molecule has 2 heterocycles. The summed E-state index contributed by atoms with van der Waals surface area (Å²) in [5.41, 5.74) is -2.64. The predicted molar refractivity (Wildman–Crippen MR) is 72.9 cm³/mol. The zero-order valence-corrected chi connectivity index (χ0v) is 11.5. The summed E-state index contributed by atoms with van der Waals surface area (Å²) in [7, 11) is 0. The number of aromatic amines is 1. The van der Waals surface area contributed by atoms with E-state index in [1.165, 1.54) is 17.2 Å². The first-order valence-corrected chi connectivity index (χ1v) is 7.02. The highest BCUT2D eigenvalue weighted by molar-refractivity contribution is 5.69. The Bertz CT molecular complexity index is 803. The van der Waals surface area contributed by atoms with Crippen molar-refractivity contribution in [2.75, 3.05) is 13.2 Å². The van der Waals surface area contributed by atoms with Crippen LogP contribution in [-0.2, 0) is 0 Å². The third kappa shape index (κ3) is 1.39. The molecular weight excluding hydrogens is 292 g/mol. The van der Waals surface area contributed by atoms with Gasteiger partial charge in [-0.25, -0.2) is 9.97 Å². The average Bonchev–Trinajstić information content (AvgIpc) is 3.04. The molecule has 2 aromatic heterocycles. The molecule has 2 aliphatic rings. The topological polar surface area (TPSA) is 144 Å². The van der Waals surface area contributed by atoms with Crippen molar-refractivity contribution in [3.05, 3.63) is 23.0 Å². The van der Waals surface area contributed by atoms with Crippen molar-refractivity contribution >= 4 is 11.2 Å². The Kier molecular flexibility index (Phi) is 2.60. The maximum atomic E-state index is 11.7. The molecule has 2 aliphatic carbocycles. The van der Waals surface area contributed by atoms with Crippen LogP contribution < -0.4 is 5.56 Å². The smallest absolute Gasteiger partial charge is 0.278 e. The monoisotopic (exact) mass is 308 g/mol. The number of aliphatic hydroxyl groups is 4. The first-order chi connectivity index (χ1) is 10.5. The number of hydrogen-bond acceptors (Lipinski definition) is 7. The van der Waals surface area contributed by atoms with Crippen molar-refractivity contribution < 1.29 is 20.4 Å². The highest BCUT2D eigenvalue weighted by Gasteiger charge is 2.76. The van der Waals surface area contributed by atoms with Gasteiger partial charge in [0.2, 0.25) is 0 Å². The fourth-order valence-corrected chi connectivity index (χ4v) is 4.05. The lowest BCUT2D eigenvalue weighted by Crippen LogP contribution is -2.52. The van der Waals surface area contributed by atoms with Gasteiger partial charge in [0.25, 0.3) is 5.56 Å². The number of nitrogens with one attached hydrogen (secondary N) is 1. The molecule has 0 bridgehead atoms. The standard InChI is InChI=1S/C13H16N4O5/c18-2-12-1-6(12)8(13(22,3-19)11(12)21)17-5-16-7-9(17)14-4-15-10(7)20/h4-6,8,11,18-19,21-22H,1-3H2,(H,14,15,20)/t6-,8+,11+,12-,13-/m0/s1. The molecule has 22 heavy (non-hydrogen) atoms. The van der Waals surface area contributed by atoms with Gasteiger partial charge in [0.05, 0.1) is 38.0 Å². The van der Waals surface area contributed by atoms with Crippen molar-refractivity contribution in [1.82, 2.24) is 19.5 Å². The van der Waals surface area contributed by atoms with Gasteiger partial charge in [-0.2, -0.15) is 0 Å². The van der Waals surface area contributed by atoms with Gasteiger partial charge in [-0.05, 0) is 12.3 Å². The Balaban J connectivity index is 1.91. The van der Waals surface area contributed by atoms with Crippen LogP contribution in [0.1, 0.15) is 12.5 Å². The molecule has 0 aliphatic heterocycles. The number of hydrogen-bond donors (Lipinski definition) is 5. The summed E-state index contributed by atoms with van der Waals surface area (Å²) in [5.74, 6) is -0.219. The first kappa shape index (κ1) is 13.8. The minimum Gasteiger partial charge on any atom is -0.396 e. The Morgan fingerprint density at radius 2 is 2.14 bits per heavy atom. The van der Waals surface area contributed by atoms with Crippen LogP contribution in [-0.4, -0.2) is 64.9 Å². The Morgan fingerprint density at radius 1 is 1.36 bits per heavy atom. The Morgan fingerprint density at radius 3 is 2.82 bits per heavy atom. The van der Waals surface area contributed by atoms with E-state index in [4.69, 9.17) is 0 Å². The van der Waals surface area contributed by atoms with Crippen LogP contribution >= 0.6 is 0 Å². The van der Waals surface area contributed by atoms with Crippen LogP contribution in [0.25, 0.3) is 11.2 Å². The van der Waals surface area contributed by atoms with Gasteiger partial charge in [0, 0.05) is 5.41 Å². The van der Waals surface area contributed by atoms with E-state index >= 15 is 0 Å². The number of aromatic nitrogens is 4. The highest BCUT2D eigenvalue weighted by atomic mass is 16.4. The van der Waals surface area contributed by atoms with Gasteiger partial charge < -0.3 is 30.0 Å². The zero-order valence-electron chi connectivity index (χ0n) is 11.5. The Labute approximate surface area is 123 Å². The quantitative estimate of drug-likeness (QED) is 0.431. The molecular formula is C13H16N4O5. The largest absolute Gasteiger partial charge is 0.396 e. The molecule has 9 heteroatoms. The van der Waals surface area contributed by atoms with Crippen LogP contribution in [0.15, 0.2) is 17.4 Å².